The molecule has 0 radical (unpaired) electrons. The second kappa shape index (κ2) is 6.92. The van der Waals surface area contributed by atoms with E-state index in [-0.39, 0.29) is 5.91 Å². The predicted molar refractivity (Wildman–Crippen MR) is 97.9 cm³/mol. The average molecular weight is 349 g/mol. The van der Waals surface area contributed by atoms with Crippen molar-refractivity contribution in [3.8, 4) is 11.5 Å². The summed E-state index contributed by atoms with van der Waals surface area (Å²) in [5, 5.41) is 7.42. The molecule has 0 unspecified atom stereocenters. The molecule has 0 aliphatic carbocycles. The molecular formula is C20H19N3O3. The molecule has 0 fully saturated rings. The molecule has 0 saturated carbocycles. The molecule has 0 spiro atoms. The molecule has 2 heterocycles. The van der Waals surface area contributed by atoms with Crippen LogP contribution in [0.25, 0.3) is 0 Å². The minimum Gasteiger partial charge on any atom is -0.486 e. The molecular weight excluding hydrogens is 330 g/mol. The summed E-state index contributed by atoms with van der Waals surface area (Å²) in [6, 6.07) is 17.1. The number of benzene rings is 2. The smallest absolute Gasteiger partial charge is 0.256 e. The molecule has 6 nitrogen and oxygen atoms in total. The van der Waals surface area contributed by atoms with Gasteiger partial charge in [0.1, 0.15) is 19.0 Å². The van der Waals surface area contributed by atoms with E-state index in [9.17, 15) is 4.79 Å². The standard InChI is InChI=1S/C20H19N3O3/c1-14-11-19(23(22-14)13-15-5-3-2-4-6-15)21-20(24)16-7-8-17-18(12-16)26-10-9-25-17/h2-8,11-12H,9-10,13H2,1H3,(H,21,24). The number of nitrogens with one attached hydrogen (secondary N) is 1. The Kier molecular flexibility index (Phi) is 4.31. The van der Waals surface area contributed by atoms with E-state index in [0.29, 0.717) is 42.6 Å². The first-order chi connectivity index (χ1) is 12.7. The van der Waals surface area contributed by atoms with Crippen molar-refractivity contribution in [2.24, 2.45) is 0 Å². The van der Waals surface area contributed by atoms with E-state index in [1.54, 1.807) is 22.9 Å². The van der Waals surface area contributed by atoms with Gasteiger partial charge in [0.15, 0.2) is 11.5 Å². The van der Waals surface area contributed by atoms with Gasteiger partial charge < -0.3 is 14.8 Å². The van der Waals surface area contributed by atoms with E-state index in [2.05, 4.69) is 10.4 Å². The molecule has 0 atom stereocenters. The highest BCUT2D eigenvalue weighted by molar-refractivity contribution is 6.04. The molecule has 132 valence electrons. The Morgan fingerprint density at radius 1 is 1.08 bits per heavy atom. The van der Waals surface area contributed by atoms with Gasteiger partial charge in [-0.1, -0.05) is 30.3 Å². The second-order valence-electron chi connectivity index (χ2n) is 6.13. The molecule has 4 rings (SSSR count). The summed E-state index contributed by atoms with van der Waals surface area (Å²) in [7, 11) is 0. The lowest BCUT2D eigenvalue weighted by atomic mass is 10.2. The van der Waals surface area contributed by atoms with E-state index in [1.807, 2.05) is 43.3 Å². The van der Waals surface area contributed by atoms with E-state index >= 15 is 0 Å². The Labute approximate surface area is 151 Å². The molecule has 3 aromatic rings. The van der Waals surface area contributed by atoms with Gasteiger partial charge in [-0.15, -0.1) is 0 Å². The number of hydrogen-bond acceptors (Lipinski definition) is 4. The van der Waals surface area contributed by atoms with Crippen LogP contribution >= 0.6 is 0 Å². The highest BCUT2D eigenvalue weighted by atomic mass is 16.6. The van der Waals surface area contributed by atoms with Crippen molar-refractivity contribution in [3.05, 3.63) is 71.4 Å². The van der Waals surface area contributed by atoms with Crippen molar-refractivity contribution in [3.63, 3.8) is 0 Å². The monoisotopic (exact) mass is 349 g/mol. The maximum absolute atomic E-state index is 12.7. The minimum atomic E-state index is -0.212. The summed E-state index contributed by atoms with van der Waals surface area (Å²) >= 11 is 0. The van der Waals surface area contributed by atoms with Crippen LogP contribution in [0, 0.1) is 6.92 Å². The third kappa shape index (κ3) is 3.39. The Morgan fingerprint density at radius 2 is 1.85 bits per heavy atom. The van der Waals surface area contributed by atoms with Crippen molar-refractivity contribution in [2.45, 2.75) is 13.5 Å². The molecule has 6 heteroatoms. The van der Waals surface area contributed by atoms with Gasteiger partial charge in [-0.25, -0.2) is 4.68 Å². The molecule has 1 amide bonds. The first kappa shape index (κ1) is 16.2. The topological polar surface area (TPSA) is 65.4 Å². The zero-order valence-electron chi connectivity index (χ0n) is 14.4. The number of carbonyl (C=O) groups excluding carboxylic acids is 1. The van der Waals surface area contributed by atoms with Gasteiger partial charge in [0.2, 0.25) is 0 Å². The maximum atomic E-state index is 12.7. The summed E-state index contributed by atoms with van der Waals surface area (Å²) < 4.78 is 12.8. The number of fused-ring (bicyclic) bond motifs is 1. The molecule has 0 saturated heterocycles. The maximum Gasteiger partial charge on any atom is 0.256 e. The fourth-order valence-corrected chi connectivity index (χ4v) is 2.90. The highest BCUT2D eigenvalue weighted by Crippen LogP contribution is 2.31. The van der Waals surface area contributed by atoms with Crippen LogP contribution in [-0.2, 0) is 6.54 Å². The van der Waals surface area contributed by atoms with E-state index in [1.165, 1.54) is 0 Å². The molecule has 1 aromatic heterocycles. The number of rotatable bonds is 4. The number of ether oxygens (including phenoxy) is 2. The van der Waals surface area contributed by atoms with Crippen LogP contribution < -0.4 is 14.8 Å². The fraction of sp³-hybridized carbons (Fsp3) is 0.200. The number of aromatic nitrogens is 2. The van der Waals surface area contributed by atoms with Gasteiger partial charge in [-0.05, 0) is 30.7 Å². The van der Waals surface area contributed by atoms with Crippen molar-refractivity contribution < 1.29 is 14.3 Å². The van der Waals surface area contributed by atoms with Crippen LogP contribution in [0.3, 0.4) is 0 Å². The highest BCUT2D eigenvalue weighted by Gasteiger charge is 2.16. The number of carbonyl (C=O) groups is 1. The lowest BCUT2D eigenvalue weighted by Crippen LogP contribution is -2.18. The van der Waals surface area contributed by atoms with Crippen LogP contribution in [0.15, 0.2) is 54.6 Å². The fourth-order valence-electron chi connectivity index (χ4n) is 2.90. The zero-order chi connectivity index (χ0) is 17.9. The number of nitrogens with zero attached hydrogens (tertiary/aromatic N) is 2. The Balaban J connectivity index is 1.54. The summed E-state index contributed by atoms with van der Waals surface area (Å²) in [4.78, 5) is 12.7. The molecule has 2 aromatic carbocycles. The van der Waals surface area contributed by atoms with E-state index < -0.39 is 0 Å². The predicted octanol–water partition coefficient (Wildman–Crippen LogP) is 3.26. The summed E-state index contributed by atoms with van der Waals surface area (Å²) in [5.41, 5.74) is 2.48. The SMILES string of the molecule is Cc1cc(NC(=O)c2ccc3c(c2)OCCO3)n(Cc2ccccc2)n1. The molecule has 0 bridgehead atoms. The van der Waals surface area contributed by atoms with Gasteiger partial charge in [0.25, 0.3) is 5.91 Å². The third-order valence-electron chi connectivity index (χ3n) is 4.12. The van der Waals surface area contributed by atoms with Crippen molar-refractivity contribution >= 4 is 11.7 Å². The first-order valence-electron chi connectivity index (χ1n) is 8.48. The van der Waals surface area contributed by atoms with Crippen molar-refractivity contribution in [1.29, 1.82) is 0 Å². The number of aryl methyl sites for hydroxylation is 1. The summed E-state index contributed by atoms with van der Waals surface area (Å²) in [6.45, 7) is 3.50. The Bertz CT molecular complexity index is 935. The number of hydrogen-bond donors (Lipinski definition) is 1. The number of amides is 1. The number of anilines is 1. The molecule has 1 aliphatic rings. The van der Waals surface area contributed by atoms with Gasteiger partial charge in [0.05, 0.1) is 12.2 Å². The molecule has 26 heavy (non-hydrogen) atoms. The van der Waals surface area contributed by atoms with Crippen LogP contribution in [0.2, 0.25) is 0 Å². The van der Waals surface area contributed by atoms with E-state index in [0.717, 1.165) is 11.3 Å². The second-order valence-corrected chi connectivity index (χ2v) is 6.13. The minimum absolute atomic E-state index is 0.212. The quantitative estimate of drug-likeness (QED) is 0.785. The van der Waals surface area contributed by atoms with Crippen molar-refractivity contribution in [1.82, 2.24) is 9.78 Å². The molecule has 1 aliphatic heterocycles. The normalized spacial score (nSPS) is 12.7. The lowest BCUT2D eigenvalue weighted by Gasteiger charge is -2.18. The third-order valence-corrected chi connectivity index (χ3v) is 4.12. The van der Waals surface area contributed by atoms with E-state index in [4.69, 9.17) is 9.47 Å². The van der Waals surface area contributed by atoms with Crippen molar-refractivity contribution in [2.75, 3.05) is 18.5 Å². The van der Waals surface area contributed by atoms with Gasteiger partial charge >= 0.3 is 0 Å². The Morgan fingerprint density at radius 3 is 2.65 bits per heavy atom. The van der Waals surface area contributed by atoms with Gasteiger partial charge in [-0.2, -0.15) is 5.10 Å². The largest absolute Gasteiger partial charge is 0.486 e. The van der Waals surface area contributed by atoms with Gasteiger partial charge in [-0.3, -0.25) is 4.79 Å². The van der Waals surface area contributed by atoms with Crippen LogP contribution in [0.5, 0.6) is 11.5 Å². The van der Waals surface area contributed by atoms with Crippen LogP contribution in [0.4, 0.5) is 5.82 Å². The van der Waals surface area contributed by atoms with Gasteiger partial charge in [0, 0.05) is 11.6 Å². The average Bonchev–Trinajstić information content (AvgIpc) is 3.01. The summed E-state index contributed by atoms with van der Waals surface area (Å²) in [6.07, 6.45) is 0. The zero-order valence-corrected chi connectivity index (χ0v) is 14.4. The van der Waals surface area contributed by atoms with Crippen LogP contribution in [0.1, 0.15) is 21.6 Å². The molecule has 1 N–H and O–H groups in total. The Hall–Kier alpha value is -3.28. The summed E-state index contributed by atoms with van der Waals surface area (Å²) in [5.74, 6) is 1.71. The van der Waals surface area contributed by atoms with Crippen LogP contribution in [-0.4, -0.2) is 28.9 Å². The lowest BCUT2D eigenvalue weighted by molar-refractivity contribution is 0.102. The first-order valence-corrected chi connectivity index (χ1v) is 8.48.